The Morgan fingerprint density at radius 3 is 2.32 bits per heavy atom. The minimum absolute atomic E-state index is 0.0541. The van der Waals surface area contributed by atoms with E-state index in [-0.39, 0.29) is 23.8 Å². The molecule has 0 atom stereocenters. The molecule has 3 aromatic rings. The lowest BCUT2D eigenvalue weighted by Crippen LogP contribution is -2.38. The number of para-hydroxylation sites is 1. The summed E-state index contributed by atoms with van der Waals surface area (Å²) < 4.78 is 2.43. The zero-order valence-corrected chi connectivity index (χ0v) is 19.8. The molecule has 0 bridgehead atoms. The second-order valence-corrected chi connectivity index (χ2v) is 9.11. The molecule has 0 aliphatic carbocycles. The number of hydrogen-bond donors (Lipinski definition) is 1. The maximum Gasteiger partial charge on any atom is 0.255 e. The standard InChI is InChI=1S/C24H27BrN4O2/c1-5-28(23(31)18-13-9-10-14-19(18)25)16-22(30)26-21-15-20(24(2,3)4)27-29(21)17-11-7-6-8-12-17/h6-15H,5,16H2,1-4H3,(H,26,30). The fourth-order valence-corrected chi connectivity index (χ4v) is 3.54. The minimum Gasteiger partial charge on any atom is -0.330 e. The number of hydrogen-bond acceptors (Lipinski definition) is 3. The van der Waals surface area contributed by atoms with Gasteiger partial charge in [-0.3, -0.25) is 9.59 Å². The Labute approximate surface area is 191 Å². The monoisotopic (exact) mass is 482 g/mol. The summed E-state index contributed by atoms with van der Waals surface area (Å²) in [5.41, 5.74) is 2.07. The van der Waals surface area contributed by atoms with E-state index in [4.69, 9.17) is 5.10 Å². The number of amides is 2. The van der Waals surface area contributed by atoms with Gasteiger partial charge in [-0.1, -0.05) is 51.1 Å². The highest BCUT2D eigenvalue weighted by atomic mass is 79.9. The topological polar surface area (TPSA) is 67.2 Å². The predicted molar refractivity (Wildman–Crippen MR) is 127 cm³/mol. The second kappa shape index (κ2) is 9.47. The molecule has 162 valence electrons. The zero-order valence-electron chi connectivity index (χ0n) is 18.2. The van der Waals surface area contributed by atoms with Crippen molar-refractivity contribution in [3.63, 3.8) is 0 Å². The average Bonchev–Trinajstić information content (AvgIpc) is 3.16. The van der Waals surface area contributed by atoms with Crippen LogP contribution in [0.25, 0.3) is 5.69 Å². The minimum atomic E-state index is -0.278. The van der Waals surface area contributed by atoms with Crippen LogP contribution < -0.4 is 5.32 Å². The number of anilines is 1. The summed E-state index contributed by atoms with van der Waals surface area (Å²) in [6.07, 6.45) is 0. The molecule has 0 aliphatic heterocycles. The molecule has 0 unspecified atom stereocenters. The molecule has 0 spiro atoms. The quantitative estimate of drug-likeness (QED) is 0.535. The molecule has 3 rings (SSSR count). The van der Waals surface area contributed by atoms with E-state index in [9.17, 15) is 9.59 Å². The maximum absolute atomic E-state index is 12.9. The van der Waals surface area contributed by atoms with Crippen LogP contribution in [0.2, 0.25) is 0 Å². The third-order valence-corrected chi connectivity index (χ3v) is 5.55. The lowest BCUT2D eigenvalue weighted by Gasteiger charge is -2.21. The second-order valence-electron chi connectivity index (χ2n) is 8.26. The number of carbonyl (C=O) groups is 2. The van der Waals surface area contributed by atoms with Crippen molar-refractivity contribution in [2.75, 3.05) is 18.4 Å². The van der Waals surface area contributed by atoms with Crippen molar-refractivity contribution in [2.24, 2.45) is 0 Å². The molecule has 1 aromatic heterocycles. The van der Waals surface area contributed by atoms with Gasteiger partial charge in [0, 0.05) is 22.5 Å². The first-order valence-corrected chi connectivity index (χ1v) is 11.0. The van der Waals surface area contributed by atoms with Crippen molar-refractivity contribution in [3.8, 4) is 5.69 Å². The van der Waals surface area contributed by atoms with Crippen LogP contribution in [-0.2, 0) is 10.2 Å². The average molecular weight is 483 g/mol. The van der Waals surface area contributed by atoms with E-state index in [2.05, 4.69) is 42.0 Å². The number of likely N-dealkylation sites (N-methyl/N-ethyl adjacent to an activating group) is 1. The first kappa shape index (κ1) is 22.7. The Morgan fingerprint density at radius 1 is 1.06 bits per heavy atom. The van der Waals surface area contributed by atoms with Gasteiger partial charge >= 0.3 is 0 Å². The summed E-state index contributed by atoms with van der Waals surface area (Å²) >= 11 is 3.41. The van der Waals surface area contributed by atoms with Gasteiger partial charge in [0.15, 0.2) is 0 Å². The van der Waals surface area contributed by atoms with Gasteiger partial charge in [-0.15, -0.1) is 0 Å². The summed E-state index contributed by atoms with van der Waals surface area (Å²) in [7, 11) is 0. The summed E-state index contributed by atoms with van der Waals surface area (Å²) in [6, 6.07) is 18.7. The number of rotatable bonds is 6. The van der Waals surface area contributed by atoms with E-state index in [0.29, 0.717) is 22.4 Å². The van der Waals surface area contributed by atoms with Crippen LogP contribution in [0.1, 0.15) is 43.7 Å². The molecule has 2 amide bonds. The summed E-state index contributed by atoms with van der Waals surface area (Å²) in [5, 5.41) is 7.66. The van der Waals surface area contributed by atoms with Gasteiger partial charge in [0.2, 0.25) is 5.91 Å². The van der Waals surface area contributed by atoms with E-state index in [1.807, 2.05) is 55.5 Å². The van der Waals surface area contributed by atoms with Crippen LogP contribution in [0, 0.1) is 0 Å². The number of halogens is 1. The maximum atomic E-state index is 12.9. The number of carbonyl (C=O) groups excluding carboxylic acids is 2. The number of nitrogens with one attached hydrogen (secondary N) is 1. The number of nitrogens with zero attached hydrogens (tertiary/aromatic N) is 3. The summed E-state index contributed by atoms with van der Waals surface area (Å²) in [4.78, 5) is 27.3. The molecule has 0 fully saturated rings. The lowest BCUT2D eigenvalue weighted by atomic mass is 9.92. The van der Waals surface area contributed by atoms with Crippen molar-refractivity contribution in [1.29, 1.82) is 0 Å². The van der Waals surface area contributed by atoms with E-state index in [0.717, 1.165) is 11.4 Å². The van der Waals surface area contributed by atoms with Crippen LogP contribution in [0.3, 0.4) is 0 Å². The zero-order chi connectivity index (χ0) is 22.6. The fraction of sp³-hybridized carbons (Fsp3) is 0.292. The van der Waals surface area contributed by atoms with E-state index >= 15 is 0 Å². The van der Waals surface area contributed by atoms with Crippen LogP contribution in [0.15, 0.2) is 65.1 Å². The van der Waals surface area contributed by atoms with Gasteiger partial charge in [-0.05, 0) is 47.1 Å². The van der Waals surface area contributed by atoms with Gasteiger partial charge < -0.3 is 10.2 Å². The highest BCUT2D eigenvalue weighted by Crippen LogP contribution is 2.26. The molecule has 6 nitrogen and oxygen atoms in total. The van der Waals surface area contributed by atoms with E-state index < -0.39 is 0 Å². The Balaban J connectivity index is 1.83. The Bertz CT molecular complexity index is 1070. The Kier molecular flexibility index (Phi) is 6.95. The van der Waals surface area contributed by atoms with E-state index in [1.165, 1.54) is 4.90 Å². The van der Waals surface area contributed by atoms with Crippen LogP contribution in [0.5, 0.6) is 0 Å². The molecule has 0 radical (unpaired) electrons. The Hall–Kier alpha value is -2.93. The first-order chi connectivity index (χ1) is 14.7. The predicted octanol–water partition coefficient (Wildman–Crippen LogP) is 5.03. The third kappa shape index (κ3) is 5.41. The summed E-state index contributed by atoms with van der Waals surface area (Å²) in [5.74, 6) is 0.0994. The largest absolute Gasteiger partial charge is 0.330 e. The van der Waals surface area contributed by atoms with Crippen molar-refractivity contribution < 1.29 is 9.59 Å². The van der Waals surface area contributed by atoms with Gasteiger partial charge in [0.05, 0.1) is 16.9 Å². The van der Waals surface area contributed by atoms with Crippen molar-refractivity contribution in [1.82, 2.24) is 14.7 Å². The van der Waals surface area contributed by atoms with Crippen molar-refractivity contribution in [2.45, 2.75) is 33.1 Å². The molecule has 1 heterocycles. The van der Waals surface area contributed by atoms with Gasteiger partial charge in [0.25, 0.3) is 5.91 Å². The highest BCUT2D eigenvalue weighted by molar-refractivity contribution is 9.10. The fourth-order valence-electron chi connectivity index (χ4n) is 3.09. The third-order valence-electron chi connectivity index (χ3n) is 4.85. The lowest BCUT2D eigenvalue weighted by molar-refractivity contribution is -0.116. The molecule has 0 saturated heterocycles. The van der Waals surface area contributed by atoms with Crippen LogP contribution >= 0.6 is 15.9 Å². The highest BCUT2D eigenvalue weighted by Gasteiger charge is 2.23. The normalized spacial score (nSPS) is 11.3. The molecule has 2 aromatic carbocycles. The van der Waals surface area contributed by atoms with Gasteiger partial charge in [0.1, 0.15) is 12.4 Å². The molecule has 0 aliphatic rings. The smallest absolute Gasteiger partial charge is 0.255 e. The molecule has 0 saturated carbocycles. The summed E-state index contributed by atoms with van der Waals surface area (Å²) in [6.45, 7) is 8.44. The van der Waals surface area contributed by atoms with Crippen molar-refractivity contribution in [3.05, 3.63) is 76.4 Å². The molecule has 31 heavy (non-hydrogen) atoms. The van der Waals surface area contributed by atoms with E-state index in [1.54, 1.807) is 16.8 Å². The van der Waals surface area contributed by atoms with Crippen molar-refractivity contribution >= 4 is 33.6 Å². The SMILES string of the molecule is CCN(CC(=O)Nc1cc(C(C)(C)C)nn1-c1ccccc1)C(=O)c1ccccc1Br. The molecule has 7 heteroatoms. The number of benzene rings is 2. The van der Waals surface area contributed by atoms with Crippen LogP contribution in [0.4, 0.5) is 5.82 Å². The van der Waals surface area contributed by atoms with Gasteiger partial charge in [-0.2, -0.15) is 5.10 Å². The number of aromatic nitrogens is 2. The van der Waals surface area contributed by atoms with Gasteiger partial charge in [-0.25, -0.2) is 4.68 Å². The van der Waals surface area contributed by atoms with Crippen LogP contribution in [-0.4, -0.2) is 39.6 Å². The first-order valence-electron chi connectivity index (χ1n) is 10.2. The Morgan fingerprint density at radius 2 is 1.71 bits per heavy atom. The molecular weight excluding hydrogens is 456 g/mol. The molecular formula is C24H27BrN4O2. The molecule has 1 N–H and O–H groups in total.